The van der Waals surface area contributed by atoms with Crippen molar-refractivity contribution in [3.05, 3.63) is 85.2 Å². The Kier molecular flexibility index (Phi) is 24.8. The Hall–Kier alpha value is -8.42. The molecule has 612 valence electrons. The summed E-state index contributed by atoms with van der Waals surface area (Å²) in [5.41, 5.74) is -8.34. The highest BCUT2D eigenvalue weighted by Crippen LogP contribution is 2.59. The van der Waals surface area contributed by atoms with E-state index in [1.807, 2.05) is 62.4 Å². The van der Waals surface area contributed by atoms with E-state index in [2.05, 4.69) is 19.4 Å². The molecule has 24 nitrogen and oxygen atoms in total. The third-order valence-corrected chi connectivity index (χ3v) is 27.3. The predicted octanol–water partition coefficient (Wildman–Crippen LogP) is 12.1. The molecule has 2 aromatic carbocycles. The molecule has 4 aliphatic heterocycles. The summed E-state index contributed by atoms with van der Waals surface area (Å²) in [5.74, 6) is -8.80. The van der Waals surface area contributed by atoms with Gasteiger partial charge in [0.25, 0.3) is 0 Å². The highest BCUT2D eigenvalue weighted by atomic mass is 32.2. The molecule has 2 N–H and O–H groups in total. The fourth-order valence-electron chi connectivity index (χ4n) is 15.9. The van der Waals surface area contributed by atoms with Crippen molar-refractivity contribution in [2.24, 2.45) is 58.2 Å². The molecule has 4 aliphatic carbocycles. The Bertz CT molecular complexity index is 4280. The number of amides is 4. The van der Waals surface area contributed by atoms with Crippen LogP contribution < -0.4 is 28.4 Å². The number of esters is 2. The summed E-state index contributed by atoms with van der Waals surface area (Å²) in [6.45, 7) is 10.2. The van der Waals surface area contributed by atoms with E-state index in [1.165, 1.54) is 36.4 Å². The van der Waals surface area contributed by atoms with E-state index in [0.29, 0.717) is 97.3 Å². The number of hydrogen-bond donors (Lipinski definition) is 2. The number of ether oxygens (including phenoxy) is 6. The summed E-state index contributed by atoms with van der Waals surface area (Å²) in [5, 5.41) is 1.33. The van der Waals surface area contributed by atoms with Gasteiger partial charge in [-0.2, -0.15) is 26.3 Å². The highest BCUT2D eigenvalue weighted by Gasteiger charge is 2.64. The first kappa shape index (κ1) is 84.5. The van der Waals surface area contributed by atoms with Gasteiger partial charge in [-0.25, -0.2) is 26.8 Å². The Balaban J connectivity index is 0.000000221. The number of aromatic nitrogens is 2. The first-order valence-corrected chi connectivity index (χ1v) is 41.5. The third kappa shape index (κ3) is 18.8. The van der Waals surface area contributed by atoms with E-state index in [0.717, 1.165) is 27.7 Å². The molecule has 6 fully saturated rings. The number of nitrogens with zero attached hydrogens (tertiary/aromatic N) is 4. The molecule has 6 heterocycles. The van der Waals surface area contributed by atoms with E-state index in [9.17, 15) is 81.5 Å². The minimum absolute atomic E-state index is 0.0190. The fourth-order valence-corrected chi connectivity index (χ4v) is 18.6. The smallest absolute Gasteiger partial charge is 0.427 e. The van der Waals surface area contributed by atoms with Crippen molar-refractivity contribution in [3.63, 3.8) is 0 Å². The van der Waals surface area contributed by atoms with Crippen LogP contribution in [-0.4, -0.2) is 169 Å². The lowest BCUT2D eigenvalue weighted by atomic mass is 9.84. The summed E-state index contributed by atoms with van der Waals surface area (Å²) in [4.78, 5) is 124. The van der Waals surface area contributed by atoms with Gasteiger partial charge in [0.2, 0.25) is 66.6 Å². The van der Waals surface area contributed by atoms with Gasteiger partial charge in [-0.1, -0.05) is 101 Å². The zero-order chi connectivity index (χ0) is 81.6. The Morgan fingerprint density at radius 1 is 0.518 bits per heavy atom. The second kappa shape index (κ2) is 32.8. The van der Waals surface area contributed by atoms with Crippen LogP contribution in [0.5, 0.6) is 23.3 Å². The fraction of sp³-hybridized carbons (Fsp3) is 0.625. The van der Waals surface area contributed by atoms with Crippen LogP contribution in [-0.2, 0) is 67.9 Å². The molecule has 0 spiro atoms. The molecule has 112 heavy (non-hydrogen) atoms. The van der Waals surface area contributed by atoms with Crippen molar-refractivity contribution in [3.8, 4) is 23.3 Å². The number of Topliss-reactive ketones (excluding diaryl/α,β-unsaturated/α-hetero) is 2. The number of rotatable bonds is 18. The van der Waals surface area contributed by atoms with Crippen LogP contribution in [0.3, 0.4) is 0 Å². The maximum absolute atomic E-state index is 14.7. The summed E-state index contributed by atoms with van der Waals surface area (Å²) in [7, 11) is -4.84. The van der Waals surface area contributed by atoms with Crippen LogP contribution in [0.2, 0.25) is 0 Å². The Labute approximate surface area is 648 Å². The molecule has 0 radical (unpaired) electrons. The van der Waals surface area contributed by atoms with Crippen molar-refractivity contribution in [2.75, 3.05) is 27.3 Å². The number of carbonyl (C=O) groups is 8. The van der Waals surface area contributed by atoms with Crippen molar-refractivity contribution in [1.82, 2.24) is 29.2 Å². The number of fused-ring (bicyclic) bond motifs is 6. The molecule has 4 amide bonds. The van der Waals surface area contributed by atoms with Crippen LogP contribution in [0.25, 0.3) is 21.5 Å². The first-order chi connectivity index (χ1) is 52.5. The lowest BCUT2D eigenvalue weighted by molar-refractivity contribution is -0.257. The van der Waals surface area contributed by atoms with E-state index in [4.69, 9.17) is 28.4 Å². The van der Waals surface area contributed by atoms with Crippen molar-refractivity contribution < 1.29 is 110 Å². The normalized spacial score (nSPS) is 29.7. The molecule has 0 bridgehead atoms. The van der Waals surface area contributed by atoms with Crippen LogP contribution in [0, 0.1) is 58.2 Å². The standard InChI is InChI=1S/2C40H50F3N3O9S/c2*1-23-9-8-10-24(2)30(18-34(48)55-38(3,4)40(41,42)43)36(49)46-22-26(54-35-29-12-7-6-11-28(29)33(53-5)21-44-35)17-31(46)32(47)20-39(19-25(39)14-13-23)37(50)45-56(51,52)27-15-16-27/h2*6-7,11-14,21,23-27,30-31H,8-10,15-20,22H2,1-5H3,(H,45,50)/b2*14-13-/t23-,24+,25+,26+,30-,31-,39+;23-,24-,25-,26-,30+,31+,39-/m01/s1. The number of nitrogens with one attached hydrogen (secondary N) is 2. The second-order valence-corrected chi connectivity index (χ2v) is 36.9. The van der Waals surface area contributed by atoms with Crippen LogP contribution in [0.1, 0.15) is 171 Å². The van der Waals surface area contributed by atoms with Gasteiger partial charge in [0.05, 0.1) is 97.8 Å². The first-order valence-electron chi connectivity index (χ1n) is 38.4. The number of alkyl halides is 6. The average molecular weight is 1610 g/mol. The average Bonchev–Trinajstić information content (AvgIpc) is 1.57. The van der Waals surface area contributed by atoms with Gasteiger partial charge in [-0.05, 0) is 140 Å². The maximum atomic E-state index is 14.7. The minimum Gasteiger partial charge on any atom is -0.494 e. The number of allylic oxidation sites excluding steroid dienone is 4. The van der Waals surface area contributed by atoms with E-state index >= 15 is 0 Å². The minimum atomic E-state index is -4.86. The number of halogens is 6. The van der Waals surface area contributed by atoms with Crippen LogP contribution in [0.4, 0.5) is 26.3 Å². The van der Waals surface area contributed by atoms with E-state index in [1.54, 1.807) is 38.1 Å². The molecule has 2 aromatic heterocycles. The molecule has 2 saturated heterocycles. The summed E-state index contributed by atoms with van der Waals surface area (Å²) < 4.78 is 172. The number of ketones is 2. The summed E-state index contributed by atoms with van der Waals surface area (Å²) >= 11 is 0. The molecular weight excluding hydrogens is 1510 g/mol. The van der Waals surface area contributed by atoms with Gasteiger partial charge < -0.3 is 38.2 Å². The largest absolute Gasteiger partial charge is 0.494 e. The molecule has 4 saturated carbocycles. The molecule has 14 atom stereocenters. The Morgan fingerprint density at radius 3 is 1.20 bits per heavy atom. The lowest BCUT2D eigenvalue weighted by Gasteiger charge is -2.32. The quantitative estimate of drug-likeness (QED) is 0.0531. The van der Waals surface area contributed by atoms with Gasteiger partial charge in [0, 0.05) is 47.2 Å². The summed E-state index contributed by atoms with van der Waals surface area (Å²) in [6.07, 6.45) is 2.91. The zero-order valence-corrected chi connectivity index (χ0v) is 66.2. The number of pyridine rings is 2. The number of hydrogen-bond acceptors (Lipinski definition) is 20. The van der Waals surface area contributed by atoms with Crippen molar-refractivity contribution >= 4 is 88.7 Å². The van der Waals surface area contributed by atoms with Gasteiger partial charge in [0.15, 0.2) is 11.6 Å². The molecule has 32 heteroatoms. The van der Waals surface area contributed by atoms with E-state index < -0.39 is 185 Å². The van der Waals surface area contributed by atoms with Gasteiger partial charge in [0.1, 0.15) is 23.7 Å². The molecular formula is C80H100F6N6O18S2. The topological polar surface area (TPSA) is 317 Å². The van der Waals surface area contributed by atoms with Crippen molar-refractivity contribution in [1.29, 1.82) is 0 Å². The Morgan fingerprint density at radius 2 is 0.866 bits per heavy atom. The second-order valence-electron chi connectivity index (χ2n) is 33.0. The number of benzene rings is 2. The SMILES string of the molecule is COc1cnc(O[C@@H]2C[C@H]3C(=O)C[C@]4(C(=O)NS(=O)(=O)C5CC5)C[C@H]4/C=C\[C@@H](C)CCC[C@@H](C)[C@H](CC(=O)OC(C)(C)C(F)(F)F)C(=O)N3C2)c2ccccc12.COc1cnc(O[C@@H]2C[C@H]3C(=O)C[C@]4(C(=O)NS(=O)(=O)C5CC5)C[C@H]4/C=C\[C@H](C)CCC[C@@H](C)[C@H](CC(=O)OC(C)(C)C(F)(F)F)C(=O)N3C2)c2ccccc12. The highest BCUT2D eigenvalue weighted by molar-refractivity contribution is 7.91. The number of sulfonamides is 2. The van der Waals surface area contributed by atoms with Crippen LogP contribution in [0.15, 0.2) is 85.2 Å². The molecule has 8 aliphatic rings. The monoisotopic (exact) mass is 1610 g/mol. The van der Waals surface area contributed by atoms with Gasteiger partial charge >= 0.3 is 24.3 Å². The number of methoxy groups -OCH3 is 2. The maximum Gasteiger partial charge on any atom is 0.427 e. The zero-order valence-electron chi connectivity index (χ0n) is 64.5. The van der Waals surface area contributed by atoms with Gasteiger partial charge in [-0.3, -0.25) is 47.8 Å². The van der Waals surface area contributed by atoms with Crippen LogP contribution >= 0.6 is 0 Å². The lowest BCUT2D eigenvalue weighted by Crippen LogP contribution is -2.48. The van der Waals surface area contributed by atoms with Crippen molar-refractivity contribution in [2.45, 2.75) is 229 Å². The number of carbonyl (C=O) groups excluding carboxylic acids is 8. The third-order valence-electron chi connectivity index (χ3n) is 23.7. The molecule has 4 aromatic rings. The predicted molar refractivity (Wildman–Crippen MR) is 397 cm³/mol. The summed E-state index contributed by atoms with van der Waals surface area (Å²) in [6, 6.07) is 12.1. The molecule has 0 unspecified atom stereocenters. The van der Waals surface area contributed by atoms with Gasteiger partial charge in [-0.15, -0.1) is 0 Å². The molecule has 12 rings (SSSR count). The van der Waals surface area contributed by atoms with E-state index in [-0.39, 0.29) is 75.2 Å².